The molecule has 0 heterocycles. The summed E-state index contributed by atoms with van der Waals surface area (Å²) in [6, 6.07) is 4.89. The van der Waals surface area contributed by atoms with Gasteiger partial charge in [0, 0.05) is 26.3 Å². The smallest absolute Gasteiger partial charge is 0.337 e. The Bertz CT molecular complexity index is 445. The highest BCUT2D eigenvalue weighted by molar-refractivity contribution is 5.95. The summed E-state index contributed by atoms with van der Waals surface area (Å²) in [4.78, 5) is 13.2. The Hall–Kier alpha value is -2.01. The van der Waals surface area contributed by atoms with Crippen molar-refractivity contribution in [2.24, 2.45) is 0 Å². The molecule has 1 rings (SSSR count). The molecular weight excluding hydrogens is 246 g/mol. The molecule has 0 spiro atoms. The first-order valence-electron chi connectivity index (χ1n) is 5.90. The molecule has 1 aromatic rings. The van der Waals surface area contributed by atoms with Crippen molar-refractivity contribution < 1.29 is 19.4 Å². The predicted molar refractivity (Wildman–Crippen MR) is 74.2 cm³/mol. The molecule has 1 aromatic carbocycles. The number of nitrogens with zero attached hydrogens (tertiary/aromatic N) is 1. The van der Waals surface area contributed by atoms with Crippen LogP contribution in [0, 0.1) is 0 Å². The highest BCUT2D eigenvalue weighted by atomic mass is 16.5. The Morgan fingerprint density at radius 1 is 1.47 bits per heavy atom. The number of rotatable bonds is 8. The van der Waals surface area contributed by atoms with E-state index in [1.165, 1.54) is 0 Å². The third-order valence-corrected chi connectivity index (χ3v) is 2.69. The number of hydrogen-bond acceptors (Lipinski definition) is 4. The van der Waals surface area contributed by atoms with E-state index < -0.39 is 5.97 Å². The zero-order valence-corrected chi connectivity index (χ0v) is 11.3. The Kier molecular flexibility index (Phi) is 5.89. The lowest BCUT2D eigenvalue weighted by Crippen LogP contribution is -2.29. The van der Waals surface area contributed by atoms with E-state index in [4.69, 9.17) is 9.47 Å². The van der Waals surface area contributed by atoms with Crippen LogP contribution in [0.25, 0.3) is 0 Å². The topological polar surface area (TPSA) is 59.0 Å². The van der Waals surface area contributed by atoms with Crippen molar-refractivity contribution in [1.82, 2.24) is 0 Å². The van der Waals surface area contributed by atoms with E-state index in [9.17, 15) is 9.90 Å². The second-order valence-electron chi connectivity index (χ2n) is 3.92. The minimum atomic E-state index is -0.968. The Labute approximate surface area is 113 Å². The van der Waals surface area contributed by atoms with Gasteiger partial charge in [0.1, 0.15) is 5.75 Å². The van der Waals surface area contributed by atoms with Crippen LogP contribution in [0.15, 0.2) is 30.9 Å². The van der Waals surface area contributed by atoms with Crippen LogP contribution in [0.2, 0.25) is 0 Å². The van der Waals surface area contributed by atoms with Crippen LogP contribution in [-0.4, -0.2) is 45.0 Å². The molecule has 0 saturated heterocycles. The molecule has 0 aliphatic heterocycles. The highest BCUT2D eigenvalue weighted by Crippen LogP contribution is 2.26. The van der Waals surface area contributed by atoms with E-state index >= 15 is 0 Å². The molecule has 0 atom stereocenters. The summed E-state index contributed by atoms with van der Waals surface area (Å²) < 4.78 is 10.2. The van der Waals surface area contributed by atoms with E-state index in [0.29, 0.717) is 31.1 Å². The summed E-state index contributed by atoms with van der Waals surface area (Å²) in [5, 5.41) is 9.25. The van der Waals surface area contributed by atoms with E-state index in [1.54, 1.807) is 38.5 Å². The average Bonchev–Trinajstić information content (AvgIpc) is 2.42. The van der Waals surface area contributed by atoms with Crippen molar-refractivity contribution in [3.63, 3.8) is 0 Å². The lowest BCUT2D eigenvalue weighted by molar-refractivity contribution is 0.0697. The SMILES string of the molecule is C=CCN(CCOC)c1cc(OC)ccc1C(=O)O. The Balaban J connectivity index is 3.16. The highest BCUT2D eigenvalue weighted by Gasteiger charge is 2.16. The lowest BCUT2D eigenvalue weighted by atomic mass is 10.1. The fourth-order valence-electron chi connectivity index (χ4n) is 1.75. The number of carboxylic acids is 1. The molecule has 0 aliphatic rings. The van der Waals surface area contributed by atoms with Gasteiger partial charge in [-0.1, -0.05) is 6.08 Å². The van der Waals surface area contributed by atoms with Gasteiger partial charge in [0.2, 0.25) is 0 Å². The molecule has 0 amide bonds. The summed E-state index contributed by atoms with van der Waals surface area (Å²) in [7, 11) is 3.16. The predicted octanol–water partition coefficient (Wildman–Crippen LogP) is 2.03. The fourth-order valence-corrected chi connectivity index (χ4v) is 1.75. The molecule has 0 bridgehead atoms. The van der Waals surface area contributed by atoms with Crippen LogP contribution in [-0.2, 0) is 4.74 Å². The number of benzene rings is 1. The van der Waals surface area contributed by atoms with Crippen molar-refractivity contribution in [1.29, 1.82) is 0 Å². The first kappa shape index (κ1) is 15.0. The van der Waals surface area contributed by atoms with Crippen LogP contribution < -0.4 is 9.64 Å². The van der Waals surface area contributed by atoms with Crippen molar-refractivity contribution in [2.75, 3.05) is 38.8 Å². The van der Waals surface area contributed by atoms with Crippen LogP contribution in [0.1, 0.15) is 10.4 Å². The Morgan fingerprint density at radius 2 is 2.21 bits per heavy atom. The largest absolute Gasteiger partial charge is 0.497 e. The summed E-state index contributed by atoms with van der Waals surface area (Å²) in [5.74, 6) is -0.351. The molecule has 104 valence electrons. The van der Waals surface area contributed by atoms with Gasteiger partial charge in [-0.25, -0.2) is 4.79 Å². The maximum Gasteiger partial charge on any atom is 0.337 e. The zero-order chi connectivity index (χ0) is 14.3. The van der Waals surface area contributed by atoms with Gasteiger partial charge >= 0.3 is 5.97 Å². The molecule has 0 fully saturated rings. The minimum absolute atomic E-state index is 0.235. The molecule has 0 unspecified atom stereocenters. The quantitative estimate of drug-likeness (QED) is 0.729. The van der Waals surface area contributed by atoms with Crippen LogP contribution in [0.5, 0.6) is 5.75 Å². The Morgan fingerprint density at radius 3 is 2.74 bits per heavy atom. The fraction of sp³-hybridized carbons (Fsp3) is 0.357. The second-order valence-corrected chi connectivity index (χ2v) is 3.92. The summed E-state index contributed by atoms with van der Waals surface area (Å²) in [6.45, 7) is 5.31. The van der Waals surface area contributed by atoms with Gasteiger partial charge in [-0.15, -0.1) is 6.58 Å². The van der Waals surface area contributed by atoms with Gasteiger partial charge in [0.05, 0.1) is 25.0 Å². The molecule has 5 heteroatoms. The first-order chi connectivity index (χ1) is 9.13. The number of anilines is 1. The summed E-state index contributed by atoms with van der Waals surface area (Å²) in [6.07, 6.45) is 1.72. The van der Waals surface area contributed by atoms with E-state index in [1.807, 2.05) is 4.90 Å². The molecule has 0 aliphatic carbocycles. The third kappa shape index (κ3) is 3.99. The number of carbonyl (C=O) groups is 1. The number of ether oxygens (including phenoxy) is 2. The van der Waals surface area contributed by atoms with E-state index in [-0.39, 0.29) is 5.56 Å². The number of methoxy groups -OCH3 is 2. The number of carboxylic acid groups (broad SMARTS) is 1. The lowest BCUT2D eigenvalue weighted by Gasteiger charge is -2.25. The summed E-state index contributed by atoms with van der Waals surface area (Å²) >= 11 is 0. The van der Waals surface area contributed by atoms with Gasteiger partial charge in [-0.05, 0) is 12.1 Å². The third-order valence-electron chi connectivity index (χ3n) is 2.69. The number of hydrogen-bond donors (Lipinski definition) is 1. The van der Waals surface area contributed by atoms with Gasteiger partial charge in [-0.2, -0.15) is 0 Å². The molecule has 0 aromatic heterocycles. The normalized spacial score (nSPS) is 10.0. The van der Waals surface area contributed by atoms with Crippen molar-refractivity contribution in [3.8, 4) is 5.75 Å². The molecule has 1 N–H and O–H groups in total. The maximum absolute atomic E-state index is 11.3. The second kappa shape index (κ2) is 7.43. The standard InChI is InChI=1S/C14H19NO4/c1-4-7-15(8-9-18-2)13-10-11(19-3)5-6-12(13)14(16)17/h4-6,10H,1,7-9H2,2-3H3,(H,16,17). The van der Waals surface area contributed by atoms with E-state index in [0.717, 1.165) is 0 Å². The monoisotopic (exact) mass is 265 g/mol. The van der Waals surface area contributed by atoms with Gasteiger partial charge in [-0.3, -0.25) is 0 Å². The molecular formula is C14H19NO4. The molecule has 0 radical (unpaired) electrons. The number of aromatic carboxylic acids is 1. The minimum Gasteiger partial charge on any atom is -0.497 e. The van der Waals surface area contributed by atoms with Crippen molar-refractivity contribution >= 4 is 11.7 Å². The van der Waals surface area contributed by atoms with Gasteiger partial charge in [0.25, 0.3) is 0 Å². The van der Waals surface area contributed by atoms with Crippen LogP contribution >= 0.6 is 0 Å². The average molecular weight is 265 g/mol. The van der Waals surface area contributed by atoms with Crippen LogP contribution in [0.4, 0.5) is 5.69 Å². The van der Waals surface area contributed by atoms with Crippen LogP contribution in [0.3, 0.4) is 0 Å². The van der Waals surface area contributed by atoms with Gasteiger partial charge < -0.3 is 19.5 Å². The van der Waals surface area contributed by atoms with Crippen molar-refractivity contribution in [2.45, 2.75) is 0 Å². The first-order valence-corrected chi connectivity index (χ1v) is 5.90. The van der Waals surface area contributed by atoms with Gasteiger partial charge in [0.15, 0.2) is 0 Å². The molecule has 0 saturated carbocycles. The van der Waals surface area contributed by atoms with Crippen molar-refractivity contribution in [3.05, 3.63) is 36.4 Å². The molecule has 5 nitrogen and oxygen atoms in total. The summed E-state index contributed by atoms with van der Waals surface area (Å²) in [5.41, 5.74) is 0.836. The zero-order valence-electron chi connectivity index (χ0n) is 11.3. The molecule has 19 heavy (non-hydrogen) atoms. The van der Waals surface area contributed by atoms with E-state index in [2.05, 4.69) is 6.58 Å². The maximum atomic E-state index is 11.3.